The topological polar surface area (TPSA) is 107 Å². The Morgan fingerprint density at radius 2 is 1.86 bits per heavy atom. The van der Waals surface area contributed by atoms with Crippen LogP contribution in [0.3, 0.4) is 0 Å². The minimum Gasteiger partial charge on any atom is -0.276 e. The van der Waals surface area contributed by atoms with E-state index in [-0.39, 0.29) is 16.4 Å². The molecular formula is C18H17FN4O4S. The van der Waals surface area contributed by atoms with Gasteiger partial charge in [0.05, 0.1) is 33.4 Å². The van der Waals surface area contributed by atoms with Crippen molar-refractivity contribution in [3.63, 3.8) is 0 Å². The summed E-state index contributed by atoms with van der Waals surface area (Å²) in [5, 5.41) is 15.2. The monoisotopic (exact) mass is 404 g/mol. The number of aromatic nitrogens is 2. The van der Waals surface area contributed by atoms with Gasteiger partial charge in [0.2, 0.25) is 0 Å². The number of non-ortho nitro benzene ring substituents is 1. The average Bonchev–Trinajstić information content (AvgIpc) is 2.91. The maximum atomic E-state index is 13.1. The van der Waals surface area contributed by atoms with Gasteiger partial charge in [0.1, 0.15) is 5.82 Å². The Bertz CT molecular complexity index is 1140. The lowest BCUT2D eigenvalue weighted by atomic mass is 10.2. The van der Waals surface area contributed by atoms with Crippen LogP contribution in [0.15, 0.2) is 53.4 Å². The highest BCUT2D eigenvalue weighted by Crippen LogP contribution is 2.25. The number of nitrogens with one attached hydrogen (secondary N) is 1. The van der Waals surface area contributed by atoms with E-state index in [0.29, 0.717) is 23.6 Å². The van der Waals surface area contributed by atoms with Gasteiger partial charge in [-0.15, -0.1) is 0 Å². The first-order valence-electron chi connectivity index (χ1n) is 8.23. The van der Waals surface area contributed by atoms with Gasteiger partial charge >= 0.3 is 0 Å². The van der Waals surface area contributed by atoms with Crippen LogP contribution in [0.5, 0.6) is 0 Å². The summed E-state index contributed by atoms with van der Waals surface area (Å²) in [6, 6.07) is 10.7. The molecule has 28 heavy (non-hydrogen) atoms. The molecule has 1 heterocycles. The van der Waals surface area contributed by atoms with Gasteiger partial charge < -0.3 is 0 Å². The molecule has 0 atom stereocenters. The van der Waals surface area contributed by atoms with Crippen LogP contribution in [0.25, 0.3) is 0 Å². The van der Waals surface area contributed by atoms with Crippen molar-refractivity contribution in [1.29, 1.82) is 0 Å². The fourth-order valence-corrected chi connectivity index (χ4v) is 3.93. The number of sulfonamides is 1. The maximum Gasteiger partial charge on any atom is 0.270 e. The van der Waals surface area contributed by atoms with E-state index in [2.05, 4.69) is 9.82 Å². The van der Waals surface area contributed by atoms with Crippen LogP contribution in [0, 0.1) is 29.8 Å². The Balaban J connectivity index is 1.90. The fourth-order valence-electron chi connectivity index (χ4n) is 2.72. The molecule has 3 rings (SSSR count). The summed E-state index contributed by atoms with van der Waals surface area (Å²) < 4.78 is 42.5. The molecule has 2 aromatic carbocycles. The molecule has 3 aromatic rings. The van der Waals surface area contributed by atoms with E-state index in [9.17, 15) is 22.9 Å². The molecule has 0 saturated carbocycles. The normalized spacial score (nSPS) is 11.4. The Kier molecular flexibility index (Phi) is 5.14. The third kappa shape index (κ3) is 4.01. The number of benzene rings is 2. The van der Waals surface area contributed by atoms with Crippen molar-refractivity contribution >= 4 is 21.4 Å². The Morgan fingerprint density at radius 3 is 2.50 bits per heavy atom. The van der Waals surface area contributed by atoms with Gasteiger partial charge in [0, 0.05) is 12.1 Å². The van der Waals surface area contributed by atoms with E-state index >= 15 is 0 Å². The summed E-state index contributed by atoms with van der Waals surface area (Å²) in [4.78, 5) is 10.0. The van der Waals surface area contributed by atoms with Crippen molar-refractivity contribution in [1.82, 2.24) is 9.78 Å². The molecule has 1 aromatic heterocycles. The predicted molar refractivity (Wildman–Crippen MR) is 101 cm³/mol. The van der Waals surface area contributed by atoms with Crippen molar-refractivity contribution in [3.05, 3.63) is 81.4 Å². The van der Waals surface area contributed by atoms with E-state index in [1.54, 1.807) is 30.7 Å². The lowest BCUT2D eigenvalue weighted by Crippen LogP contribution is -2.14. The van der Waals surface area contributed by atoms with Crippen LogP contribution < -0.4 is 4.72 Å². The molecular weight excluding hydrogens is 387 g/mol. The Labute approximate surface area is 160 Å². The van der Waals surface area contributed by atoms with E-state index < -0.39 is 14.9 Å². The van der Waals surface area contributed by atoms with Crippen molar-refractivity contribution < 1.29 is 17.7 Å². The number of nitro benzene ring substituents is 1. The molecule has 0 aliphatic heterocycles. The third-order valence-electron chi connectivity index (χ3n) is 4.20. The van der Waals surface area contributed by atoms with E-state index in [1.807, 2.05) is 0 Å². The number of hydrogen-bond donors (Lipinski definition) is 1. The Morgan fingerprint density at radius 1 is 1.18 bits per heavy atom. The standard InChI is InChI=1S/C18H17FN4O4S/c1-12-18(13(2)22(20-12)11-14-6-8-15(19)9-7-14)21-28(26,27)17-5-3-4-16(10-17)23(24)25/h3-10,21H,11H2,1-2H3. The first kappa shape index (κ1) is 19.5. The summed E-state index contributed by atoms with van der Waals surface area (Å²) >= 11 is 0. The smallest absolute Gasteiger partial charge is 0.270 e. The fraction of sp³-hybridized carbons (Fsp3) is 0.167. The molecule has 0 fully saturated rings. The second kappa shape index (κ2) is 7.39. The molecule has 146 valence electrons. The number of rotatable bonds is 6. The quantitative estimate of drug-likeness (QED) is 0.500. The van der Waals surface area contributed by atoms with Crippen molar-refractivity contribution in [2.24, 2.45) is 0 Å². The minimum atomic E-state index is -4.04. The molecule has 0 aliphatic carbocycles. The van der Waals surface area contributed by atoms with Crippen molar-refractivity contribution in [2.75, 3.05) is 4.72 Å². The predicted octanol–water partition coefficient (Wildman–Crippen LogP) is 3.40. The first-order chi connectivity index (χ1) is 13.2. The second-order valence-electron chi connectivity index (χ2n) is 6.19. The van der Waals surface area contributed by atoms with Crippen LogP contribution in [0.2, 0.25) is 0 Å². The lowest BCUT2D eigenvalue weighted by Gasteiger charge is -2.09. The van der Waals surface area contributed by atoms with Crippen LogP contribution in [-0.2, 0) is 16.6 Å². The minimum absolute atomic E-state index is 0.216. The molecule has 10 heteroatoms. The highest BCUT2D eigenvalue weighted by Gasteiger charge is 2.22. The molecule has 0 amide bonds. The number of halogens is 1. The van der Waals surface area contributed by atoms with Crippen LogP contribution in [0.4, 0.5) is 15.8 Å². The third-order valence-corrected chi connectivity index (χ3v) is 5.55. The van der Waals surface area contributed by atoms with Crippen LogP contribution in [0.1, 0.15) is 17.0 Å². The highest BCUT2D eigenvalue weighted by atomic mass is 32.2. The molecule has 8 nitrogen and oxygen atoms in total. The zero-order valence-electron chi connectivity index (χ0n) is 15.1. The Hall–Kier alpha value is -3.27. The van der Waals surface area contributed by atoms with E-state index in [0.717, 1.165) is 11.6 Å². The summed E-state index contributed by atoms with van der Waals surface area (Å²) in [5.74, 6) is -0.345. The first-order valence-corrected chi connectivity index (χ1v) is 9.71. The number of hydrogen-bond acceptors (Lipinski definition) is 5. The van der Waals surface area contributed by atoms with E-state index in [1.165, 1.54) is 30.3 Å². The van der Waals surface area contributed by atoms with Gasteiger partial charge in [-0.2, -0.15) is 5.10 Å². The second-order valence-corrected chi connectivity index (χ2v) is 7.87. The summed E-state index contributed by atoms with van der Waals surface area (Å²) in [7, 11) is -4.04. The number of nitrogens with zero attached hydrogens (tertiary/aromatic N) is 3. The largest absolute Gasteiger partial charge is 0.276 e. The number of aryl methyl sites for hydroxylation is 1. The molecule has 0 aliphatic rings. The van der Waals surface area contributed by atoms with Crippen LogP contribution in [-0.4, -0.2) is 23.1 Å². The maximum absolute atomic E-state index is 13.1. The van der Waals surface area contributed by atoms with Gasteiger partial charge in [-0.1, -0.05) is 18.2 Å². The van der Waals surface area contributed by atoms with Gasteiger partial charge in [-0.3, -0.25) is 19.5 Å². The molecule has 0 saturated heterocycles. The zero-order chi connectivity index (χ0) is 20.5. The lowest BCUT2D eigenvalue weighted by molar-refractivity contribution is -0.385. The van der Waals surface area contributed by atoms with Gasteiger partial charge in [0.25, 0.3) is 15.7 Å². The molecule has 0 radical (unpaired) electrons. The SMILES string of the molecule is Cc1nn(Cc2ccc(F)cc2)c(C)c1NS(=O)(=O)c1cccc([N+](=O)[O-])c1. The zero-order valence-corrected chi connectivity index (χ0v) is 15.9. The van der Waals surface area contributed by atoms with Crippen molar-refractivity contribution in [2.45, 2.75) is 25.3 Å². The summed E-state index contributed by atoms with van der Waals surface area (Å²) in [6.07, 6.45) is 0. The van der Waals surface area contributed by atoms with Gasteiger partial charge in [-0.25, -0.2) is 12.8 Å². The highest BCUT2D eigenvalue weighted by molar-refractivity contribution is 7.92. The molecule has 0 unspecified atom stereocenters. The molecule has 0 spiro atoms. The number of nitro groups is 1. The molecule has 0 bridgehead atoms. The molecule has 1 N–H and O–H groups in total. The van der Waals surface area contributed by atoms with E-state index in [4.69, 9.17) is 0 Å². The summed E-state index contributed by atoms with van der Waals surface area (Å²) in [5.41, 5.74) is 1.81. The van der Waals surface area contributed by atoms with Crippen LogP contribution >= 0.6 is 0 Å². The van der Waals surface area contributed by atoms with Gasteiger partial charge in [0.15, 0.2) is 0 Å². The summed E-state index contributed by atoms with van der Waals surface area (Å²) in [6.45, 7) is 3.69. The number of anilines is 1. The van der Waals surface area contributed by atoms with Gasteiger partial charge in [-0.05, 0) is 37.6 Å². The average molecular weight is 404 g/mol. The van der Waals surface area contributed by atoms with Crippen molar-refractivity contribution in [3.8, 4) is 0 Å².